The Bertz CT molecular complexity index is 1610. The first kappa shape index (κ1) is 29.1. The Morgan fingerprint density at radius 2 is 0.795 bits per heavy atom. The number of benzene rings is 4. The number of aryl methyl sites for hydroxylation is 3. The molecule has 198 valence electrons. The highest BCUT2D eigenvalue weighted by Crippen LogP contribution is 2.17. The molecule has 0 nitrogen and oxygen atoms in total. The monoisotopic (exact) mass is 538 g/mol. The molecule has 4 rings (SSSR count). The molecule has 0 fully saturated rings. The molecule has 0 aromatic heterocycles. The summed E-state index contributed by atoms with van der Waals surface area (Å²) >= 11 is 0. The van der Waals surface area contributed by atoms with Gasteiger partial charge in [-0.1, -0.05) is 29.7 Å². The van der Waals surface area contributed by atoms with Crippen molar-refractivity contribution in [1.29, 1.82) is 0 Å². The van der Waals surface area contributed by atoms with E-state index in [0.717, 1.165) is 24.3 Å². The molecule has 0 aliphatic rings. The summed E-state index contributed by atoms with van der Waals surface area (Å²) in [6.45, 7) is 6.07. The smallest absolute Gasteiger partial charge is 0.142 e. The molecule has 0 spiro atoms. The second kappa shape index (κ2) is 12.4. The molecule has 0 radical (unpaired) electrons. The van der Waals surface area contributed by atoms with E-state index in [1.807, 2.05) is 0 Å². The van der Waals surface area contributed by atoms with E-state index in [9.17, 15) is 30.7 Å². The molecule has 0 unspecified atom stereocenters. The highest BCUT2D eigenvalue weighted by molar-refractivity contribution is 5.47. The topological polar surface area (TPSA) is 0 Å². The van der Waals surface area contributed by atoms with Crippen LogP contribution in [0.5, 0.6) is 0 Å². The van der Waals surface area contributed by atoms with E-state index in [1.165, 1.54) is 25.1 Å². The van der Waals surface area contributed by atoms with Crippen LogP contribution < -0.4 is 0 Å². The predicted octanol–water partition coefficient (Wildman–Crippen LogP) is 8.38. The van der Waals surface area contributed by atoms with E-state index < -0.39 is 46.3 Å². The maximum atomic E-state index is 13.5. The van der Waals surface area contributed by atoms with Gasteiger partial charge < -0.3 is 0 Å². The fraction of sp³-hybridized carbons (Fsp3) is 0.125. The minimum atomic E-state index is -0.803. The lowest BCUT2D eigenvalue weighted by Crippen LogP contribution is -1.93. The molecule has 0 aliphatic heterocycles. The van der Waals surface area contributed by atoms with Crippen molar-refractivity contribution in [2.75, 3.05) is 0 Å². The predicted molar refractivity (Wildman–Crippen MR) is 136 cm³/mol. The van der Waals surface area contributed by atoms with Crippen molar-refractivity contribution < 1.29 is 30.7 Å². The Labute approximate surface area is 222 Å². The van der Waals surface area contributed by atoms with Crippen molar-refractivity contribution in [2.45, 2.75) is 27.7 Å². The standard InChI is InChI=1S/C16H10F4.C16H11F3/c1-9-5-15(19)12(16(20)6-9)4-3-11-7-13(17)10(2)14(18)8-11;1-10-7-15(18)13(16(19)8-10)6-5-12-4-3-11(2)14(17)9-12/h5-8H,1-2H3;3-4,7-9H,1-2H3. The van der Waals surface area contributed by atoms with Crippen molar-refractivity contribution in [1.82, 2.24) is 0 Å². The van der Waals surface area contributed by atoms with Gasteiger partial charge in [0, 0.05) is 16.7 Å². The van der Waals surface area contributed by atoms with Gasteiger partial charge in [-0.3, -0.25) is 0 Å². The molecular formula is C32H21F7. The first-order valence-corrected chi connectivity index (χ1v) is 11.5. The van der Waals surface area contributed by atoms with Crippen LogP contribution in [-0.2, 0) is 0 Å². The minimum Gasteiger partial charge on any atom is -0.207 e. The molecule has 0 bridgehead atoms. The summed E-state index contributed by atoms with van der Waals surface area (Å²) in [5, 5.41) is 0. The largest absolute Gasteiger partial charge is 0.207 e. The van der Waals surface area contributed by atoms with E-state index >= 15 is 0 Å². The summed E-state index contributed by atoms with van der Waals surface area (Å²) in [7, 11) is 0. The maximum Gasteiger partial charge on any atom is 0.142 e. The van der Waals surface area contributed by atoms with Crippen LogP contribution in [0.1, 0.15) is 44.5 Å². The van der Waals surface area contributed by atoms with E-state index in [4.69, 9.17) is 0 Å². The molecule has 39 heavy (non-hydrogen) atoms. The summed E-state index contributed by atoms with van der Waals surface area (Å²) < 4.78 is 94.1. The maximum absolute atomic E-state index is 13.5. The van der Waals surface area contributed by atoms with Crippen LogP contribution in [0.4, 0.5) is 30.7 Å². The first-order valence-electron chi connectivity index (χ1n) is 11.5. The van der Waals surface area contributed by atoms with Crippen LogP contribution in [0, 0.1) is 92.1 Å². The lowest BCUT2D eigenvalue weighted by Gasteiger charge is -2.00. The van der Waals surface area contributed by atoms with Gasteiger partial charge >= 0.3 is 0 Å². The molecule has 0 heterocycles. The lowest BCUT2D eigenvalue weighted by atomic mass is 10.1. The van der Waals surface area contributed by atoms with Gasteiger partial charge in [0.05, 0.1) is 11.1 Å². The molecule has 0 saturated carbocycles. The molecule has 0 atom stereocenters. The van der Waals surface area contributed by atoms with Crippen molar-refractivity contribution in [3.8, 4) is 23.7 Å². The van der Waals surface area contributed by atoms with Gasteiger partial charge in [-0.25, -0.2) is 30.7 Å². The normalized spacial score (nSPS) is 10.0. The zero-order chi connectivity index (χ0) is 28.9. The zero-order valence-corrected chi connectivity index (χ0v) is 21.3. The Morgan fingerprint density at radius 3 is 1.21 bits per heavy atom. The zero-order valence-electron chi connectivity index (χ0n) is 21.3. The van der Waals surface area contributed by atoms with Gasteiger partial charge in [-0.2, -0.15) is 0 Å². The third-order valence-corrected chi connectivity index (χ3v) is 5.49. The van der Waals surface area contributed by atoms with Crippen LogP contribution in [0.2, 0.25) is 0 Å². The second-order valence-electron chi connectivity index (χ2n) is 8.74. The van der Waals surface area contributed by atoms with Gasteiger partial charge in [0.1, 0.15) is 40.7 Å². The quantitative estimate of drug-likeness (QED) is 0.156. The first-order chi connectivity index (χ1) is 18.3. The highest BCUT2D eigenvalue weighted by atomic mass is 19.2. The number of hydrogen-bond donors (Lipinski definition) is 0. The molecule has 7 heteroatoms. The van der Waals surface area contributed by atoms with Crippen LogP contribution in [0.25, 0.3) is 0 Å². The average molecular weight is 539 g/mol. The molecule has 0 aliphatic carbocycles. The number of rotatable bonds is 0. The summed E-state index contributed by atoms with van der Waals surface area (Å²) in [6, 6.07) is 11.2. The van der Waals surface area contributed by atoms with Crippen LogP contribution >= 0.6 is 0 Å². The second-order valence-corrected chi connectivity index (χ2v) is 8.74. The minimum absolute atomic E-state index is 0.0185. The average Bonchev–Trinajstić information content (AvgIpc) is 2.83. The van der Waals surface area contributed by atoms with Crippen LogP contribution in [-0.4, -0.2) is 0 Å². The Kier molecular flexibility index (Phi) is 9.22. The molecule has 4 aromatic rings. The lowest BCUT2D eigenvalue weighted by molar-refractivity contribution is 0.567. The summed E-state index contributed by atoms with van der Waals surface area (Å²) in [5.41, 5.74) is 0.970. The molecule has 0 amide bonds. The Hall–Kier alpha value is -4.49. The fourth-order valence-corrected chi connectivity index (χ4v) is 3.30. The van der Waals surface area contributed by atoms with Gasteiger partial charge in [-0.05, 0) is 92.9 Å². The van der Waals surface area contributed by atoms with Gasteiger partial charge in [0.2, 0.25) is 0 Å². The SMILES string of the molecule is Cc1cc(F)c(C#Cc2cc(F)c(C)c(F)c2)c(F)c1.Cc1cc(F)c(C#Cc2ccc(C)c(F)c2)c(F)c1. The van der Waals surface area contributed by atoms with Crippen LogP contribution in [0.3, 0.4) is 0 Å². The fourth-order valence-electron chi connectivity index (χ4n) is 3.30. The third kappa shape index (κ3) is 7.52. The Morgan fingerprint density at radius 1 is 0.410 bits per heavy atom. The van der Waals surface area contributed by atoms with Gasteiger partial charge in [0.25, 0.3) is 0 Å². The van der Waals surface area contributed by atoms with Crippen molar-refractivity contribution in [2.24, 2.45) is 0 Å². The highest BCUT2D eigenvalue weighted by Gasteiger charge is 2.09. The van der Waals surface area contributed by atoms with Gasteiger partial charge in [-0.15, -0.1) is 0 Å². The van der Waals surface area contributed by atoms with Crippen LogP contribution in [0.15, 0.2) is 54.6 Å². The van der Waals surface area contributed by atoms with Gasteiger partial charge in [0.15, 0.2) is 0 Å². The molecule has 4 aromatic carbocycles. The summed E-state index contributed by atoms with van der Waals surface area (Å²) in [5.74, 6) is 4.67. The van der Waals surface area contributed by atoms with E-state index in [-0.39, 0.29) is 16.7 Å². The summed E-state index contributed by atoms with van der Waals surface area (Å²) in [4.78, 5) is 0. The van der Waals surface area contributed by atoms with E-state index in [2.05, 4.69) is 23.7 Å². The van der Waals surface area contributed by atoms with E-state index in [1.54, 1.807) is 32.9 Å². The molecular weight excluding hydrogens is 517 g/mol. The van der Waals surface area contributed by atoms with Crippen molar-refractivity contribution in [3.63, 3.8) is 0 Å². The van der Waals surface area contributed by atoms with Crippen molar-refractivity contribution >= 4 is 0 Å². The third-order valence-electron chi connectivity index (χ3n) is 5.49. The molecule has 0 saturated heterocycles. The molecule has 0 N–H and O–H groups in total. The van der Waals surface area contributed by atoms with Crippen molar-refractivity contribution in [3.05, 3.63) is 140 Å². The number of halogens is 7. The Balaban J connectivity index is 0.000000216. The van der Waals surface area contributed by atoms with E-state index in [0.29, 0.717) is 22.3 Å². The number of hydrogen-bond acceptors (Lipinski definition) is 0. The summed E-state index contributed by atoms with van der Waals surface area (Å²) in [6.07, 6.45) is 0.